The van der Waals surface area contributed by atoms with Gasteiger partial charge in [0.1, 0.15) is 5.82 Å². The zero-order valence-corrected chi connectivity index (χ0v) is 13.2. The Bertz CT molecular complexity index is 478. The van der Waals surface area contributed by atoms with Crippen LogP contribution in [0.1, 0.15) is 57.2 Å². The lowest BCUT2D eigenvalue weighted by molar-refractivity contribution is 0.301. The van der Waals surface area contributed by atoms with Gasteiger partial charge in [0, 0.05) is 24.8 Å². The molecule has 0 unspecified atom stereocenters. The summed E-state index contributed by atoms with van der Waals surface area (Å²) in [5.41, 5.74) is 9.21. The maximum Gasteiger partial charge on any atom is 0.126 e. The molecule has 20 heavy (non-hydrogen) atoms. The lowest BCUT2D eigenvalue weighted by Crippen LogP contribution is -2.27. The molecule has 0 aliphatic carbocycles. The molecular formula is C17H27FN2. The summed E-state index contributed by atoms with van der Waals surface area (Å²) in [5, 5.41) is 0. The van der Waals surface area contributed by atoms with Crippen LogP contribution in [0.5, 0.6) is 0 Å². The fourth-order valence-electron chi connectivity index (χ4n) is 3.29. The molecule has 2 nitrogen and oxygen atoms in total. The summed E-state index contributed by atoms with van der Waals surface area (Å²) in [6.07, 6.45) is 3.62. The zero-order valence-electron chi connectivity index (χ0n) is 13.2. The monoisotopic (exact) mass is 278 g/mol. The normalized spacial score (nSPS) is 19.4. The van der Waals surface area contributed by atoms with Crippen molar-refractivity contribution in [2.45, 2.75) is 53.0 Å². The lowest BCUT2D eigenvalue weighted by Gasteiger charge is -2.29. The van der Waals surface area contributed by atoms with Crippen LogP contribution in [-0.2, 0) is 0 Å². The van der Waals surface area contributed by atoms with Crippen molar-refractivity contribution in [3.63, 3.8) is 0 Å². The third-order valence-corrected chi connectivity index (χ3v) is 5.08. The minimum atomic E-state index is -0.155. The minimum absolute atomic E-state index is 0.140. The molecule has 0 saturated carbocycles. The van der Waals surface area contributed by atoms with Crippen molar-refractivity contribution in [3.8, 4) is 0 Å². The van der Waals surface area contributed by atoms with Crippen molar-refractivity contribution >= 4 is 5.69 Å². The molecule has 0 radical (unpaired) electrons. The van der Waals surface area contributed by atoms with Crippen LogP contribution < -0.4 is 10.6 Å². The molecule has 1 saturated heterocycles. The van der Waals surface area contributed by atoms with Gasteiger partial charge in [-0.1, -0.05) is 13.8 Å². The van der Waals surface area contributed by atoms with Crippen molar-refractivity contribution < 1.29 is 4.39 Å². The summed E-state index contributed by atoms with van der Waals surface area (Å²) < 4.78 is 13.8. The molecule has 0 bridgehead atoms. The van der Waals surface area contributed by atoms with E-state index in [-0.39, 0.29) is 11.9 Å². The van der Waals surface area contributed by atoms with E-state index in [1.807, 2.05) is 19.9 Å². The SMILES string of the molecule is CCC1(CC)CCN(c2cc(C)c(F)cc2[C@@H](C)N)C1. The van der Waals surface area contributed by atoms with E-state index >= 15 is 0 Å². The van der Waals surface area contributed by atoms with Crippen LogP contribution in [0.25, 0.3) is 0 Å². The molecule has 1 aliphatic rings. The van der Waals surface area contributed by atoms with Crippen molar-refractivity contribution in [2.24, 2.45) is 11.1 Å². The van der Waals surface area contributed by atoms with Crippen molar-refractivity contribution in [1.82, 2.24) is 0 Å². The summed E-state index contributed by atoms with van der Waals surface area (Å²) in [7, 11) is 0. The molecule has 2 rings (SSSR count). The minimum Gasteiger partial charge on any atom is -0.371 e. The predicted octanol–water partition coefficient (Wildman–Crippen LogP) is 4.17. The van der Waals surface area contributed by atoms with Gasteiger partial charge in [-0.25, -0.2) is 4.39 Å². The van der Waals surface area contributed by atoms with Gasteiger partial charge < -0.3 is 10.6 Å². The van der Waals surface area contributed by atoms with E-state index in [1.54, 1.807) is 6.07 Å². The van der Waals surface area contributed by atoms with Gasteiger partial charge in [-0.05, 0) is 61.8 Å². The average Bonchev–Trinajstić information content (AvgIpc) is 2.86. The second kappa shape index (κ2) is 5.72. The molecule has 1 atom stereocenters. The van der Waals surface area contributed by atoms with E-state index in [9.17, 15) is 4.39 Å². The fourth-order valence-corrected chi connectivity index (χ4v) is 3.29. The highest BCUT2D eigenvalue weighted by Crippen LogP contribution is 2.41. The quantitative estimate of drug-likeness (QED) is 0.895. The van der Waals surface area contributed by atoms with Crippen molar-refractivity contribution in [3.05, 3.63) is 29.1 Å². The first kappa shape index (κ1) is 15.3. The van der Waals surface area contributed by atoms with Crippen molar-refractivity contribution in [1.29, 1.82) is 0 Å². The van der Waals surface area contributed by atoms with Crippen molar-refractivity contribution in [2.75, 3.05) is 18.0 Å². The van der Waals surface area contributed by atoms with Crippen LogP contribution in [0.15, 0.2) is 12.1 Å². The summed E-state index contributed by atoms with van der Waals surface area (Å²) in [4.78, 5) is 2.40. The molecule has 0 aromatic heterocycles. The third kappa shape index (κ3) is 2.69. The topological polar surface area (TPSA) is 29.3 Å². The second-order valence-corrected chi connectivity index (χ2v) is 6.33. The van der Waals surface area contributed by atoms with Crippen LogP contribution in [0.3, 0.4) is 0 Å². The third-order valence-electron chi connectivity index (χ3n) is 5.08. The van der Waals surface area contributed by atoms with Gasteiger partial charge in [0.05, 0.1) is 0 Å². The number of halogens is 1. The van der Waals surface area contributed by atoms with Gasteiger partial charge in [0.25, 0.3) is 0 Å². The van der Waals surface area contributed by atoms with Crippen LogP contribution in [-0.4, -0.2) is 13.1 Å². The molecule has 0 spiro atoms. The molecular weight excluding hydrogens is 251 g/mol. The van der Waals surface area contributed by atoms with Gasteiger partial charge in [0.15, 0.2) is 0 Å². The lowest BCUT2D eigenvalue weighted by atomic mass is 9.82. The number of hydrogen-bond donors (Lipinski definition) is 1. The van der Waals surface area contributed by atoms with Crippen LogP contribution >= 0.6 is 0 Å². The molecule has 1 aromatic carbocycles. The Labute approximate surface area is 122 Å². The fraction of sp³-hybridized carbons (Fsp3) is 0.647. The number of hydrogen-bond acceptors (Lipinski definition) is 2. The maximum absolute atomic E-state index is 13.8. The largest absolute Gasteiger partial charge is 0.371 e. The van der Waals surface area contributed by atoms with E-state index in [0.29, 0.717) is 11.0 Å². The molecule has 1 aromatic rings. The van der Waals surface area contributed by atoms with E-state index in [0.717, 1.165) is 24.3 Å². The first-order chi connectivity index (χ1) is 9.42. The Balaban J connectivity index is 2.36. The van der Waals surface area contributed by atoms with E-state index in [1.165, 1.54) is 19.3 Å². The molecule has 2 N–H and O–H groups in total. The highest BCUT2D eigenvalue weighted by Gasteiger charge is 2.35. The second-order valence-electron chi connectivity index (χ2n) is 6.33. The molecule has 1 aliphatic heterocycles. The maximum atomic E-state index is 13.8. The van der Waals surface area contributed by atoms with E-state index < -0.39 is 0 Å². The number of rotatable bonds is 4. The Kier molecular flexibility index (Phi) is 4.38. The van der Waals surface area contributed by atoms with Gasteiger partial charge in [0.2, 0.25) is 0 Å². The summed E-state index contributed by atoms with van der Waals surface area (Å²) in [6.45, 7) is 10.4. The molecule has 1 heterocycles. The Morgan fingerprint density at radius 1 is 1.35 bits per heavy atom. The Hall–Kier alpha value is -1.09. The highest BCUT2D eigenvalue weighted by atomic mass is 19.1. The number of benzene rings is 1. The first-order valence-electron chi connectivity index (χ1n) is 7.73. The summed E-state index contributed by atoms with van der Waals surface area (Å²) in [5.74, 6) is -0.155. The molecule has 0 amide bonds. The van der Waals surface area contributed by atoms with Gasteiger partial charge in [-0.3, -0.25) is 0 Å². The highest BCUT2D eigenvalue weighted by molar-refractivity contribution is 5.58. The number of aryl methyl sites for hydroxylation is 1. The number of nitrogens with two attached hydrogens (primary N) is 1. The number of anilines is 1. The zero-order chi connectivity index (χ0) is 14.9. The summed E-state index contributed by atoms with van der Waals surface area (Å²) in [6, 6.07) is 3.45. The van der Waals surface area contributed by atoms with E-state index in [2.05, 4.69) is 18.7 Å². The van der Waals surface area contributed by atoms with Gasteiger partial charge >= 0.3 is 0 Å². The van der Waals surface area contributed by atoms with Crippen LogP contribution in [0.4, 0.5) is 10.1 Å². The standard InChI is InChI=1S/C17H27FN2/c1-5-17(6-2)7-8-20(11-17)16-9-12(3)15(18)10-14(16)13(4)19/h9-10,13H,5-8,11,19H2,1-4H3/t13-/m1/s1. The Morgan fingerprint density at radius 3 is 2.50 bits per heavy atom. The summed E-state index contributed by atoms with van der Waals surface area (Å²) >= 11 is 0. The van der Waals surface area contributed by atoms with Crippen LogP contribution in [0.2, 0.25) is 0 Å². The number of nitrogens with zero attached hydrogens (tertiary/aromatic N) is 1. The smallest absolute Gasteiger partial charge is 0.126 e. The van der Waals surface area contributed by atoms with E-state index in [4.69, 9.17) is 5.73 Å². The molecule has 3 heteroatoms. The molecule has 112 valence electrons. The Morgan fingerprint density at radius 2 is 2.00 bits per heavy atom. The van der Waals surface area contributed by atoms with Crippen LogP contribution in [0, 0.1) is 18.2 Å². The van der Waals surface area contributed by atoms with Gasteiger partial charge in [-0.15, -0.1) is 0 Å². The first-order valence-corrected chi connectivity index (χ1v) is 7.73. The molecule has 1 fully saturated rings. The average molecular weight is 278 g/mol. The van der Waals surface area contributed by atoms with Gasteiger partial charge in [-0.2, -0.15) is 0 Å². The predicted molar refractivity (Wildman–Crippen MR) is 83.6 cm³/mol.